The average molecular weight is 254 g/mol. The van der Waals surface area contributed by atoms with Gasteiger partial charge >= 0.3 is 7.12 Å². The molecule has 19 heavy (non-hydrogen) atoms. The third-order valence-corrected chi connectivity index (χ3v) is 3.06. The molecule has 96 valence electrons. The van der Waals surface area contributed by atoms with E-state index in [9.17, 15) is 0 Å². The summed E-state index contributed by atoms with van der Waals surface area (Å²) in [6, 6.07) is 14.0. The molecule has 0 bridgehead atoms. The maximum Gasteiger partial charge on any atom is 0.516 e. The van der Waals surface area contributed by atoms with E-state index in [0.29, 0.717) is 13.5 Å². The van der Waals surface area contributed by atoms with Gasteiger partial charge in [-0.15, -0.1) is 0 Å². The van der Waals surface area contributed by atoms with Crippen molar-refractivity contribution < 1.29 is 9.31 Å². The smallest absolute Gasteiger partial charge is 0.388 e. The molecule has 2 heterocycles. The Kier molecular flexibility index (Phi) is 3.48. The summed E-state index contributed by atoms with van der Waals surface area (Å²) in [5, 5.41) is 0. The quantitative estimate of drug-likeness (QED) is 0.761. The fourth-order valence-corrected chi connectivity index (χ4v) is 1.98. The van der Waals surface area contributed by atoms with E-state index >= 15 is 0 Å². The van der Waals surface area contributed by atoms with Gasteiger partial charge in [-0.05, 0) is 30.7 Å². The van der Waals surface area contributed by atoms with Gasteiger partial charge in [0, 0.05) is 11.9 Å². The van der Waals surface area contributed by atoms with E-state index < -0.39 is 0 Å². The summed E-state index contributed by atoms with van der Waals surface area (Å²) in [5.41, 5.74) is 3.04. The molecule has 1 fully saturated rings. The predicted octanol–water partition coefficient (Wildman–Crippen LogP) is 1.55. The first-order valence-electron chi connectivity index (χ1n) is 6.29. The topological polar surface area (TPSA) is 34.6 Å². The zero-order chi connectivity index (χ0) is 13.1. The van der Waals surface area contributed by atoms with Crippen LogP contribution < -0.4 is 10.5 Å². The van der Waals surface area contributed by atoms with Crippen molar-refractivity contribution >= 4 is 18.4 Å². The summed E-state index contributed by atoms with van der Waals surface area (Å²) in [4.78, 5) is 6.36. The average Bonchev–Trinajstić information content (AvgIpc) is 2.49. The molecule has 0 atom stereocenters. The van der Waals surface area contributed by atoms with Crippen molar-refractivity contribution in [3.63, 3.8) is 0 Å². The zero-order valence-corrected chi connectivity index (χ0v) is 10.8. The standard InChI is InChI=1S/C14H15BN2O2/c1-12-7-8-14(16-9-12)15-18-10-17(11-19-15)13-5-3-2-4-6-13/h2-9H,10-11H2,1H3. The van der Waals surface area contributed by atoms with Crippen LogP contribution in [0.1, 0.15) is 5.56 Å². The second-order valence-corrected chi connectivity index (χ2v) is 4.56. The first kappa shape index (κ1) is 12.2. The molecule has 0 spiro atoms. The zero-order valence-electron chi connectivity index (χ0n) is 10.8. The van der Waals surface area contributed by atoms with Gasteiger partial charge in [0.2, 0.25) is 0 Å². The van der Waals surface area contributed by atoms with E-state index in [4.69, 9.17) is 9.31 Å². The third-order valence-electron chi connectivity index (χ3n) is 3.06. The molecule has 1 saturated heterocycles. The van der Waals surface area contributed by atoms with E-state index in [2.05, 4.69) is 4.98 Å². The maximum absolute atomic E-state index is 5.71. The van der Waals surface area contributed by atoms with Crippen molar-refractivity contribution in [3.05, 3.63) is 54.2 Å². The van der Waals surface area contributed by atoms with E-state index in [1.807, 2.05) is 60.5 Å². The van der Waals surface area contributed by atoms with Crippen LogP contribution >= 0.6 is 0 Å². The van der Waals surface area contributed by atoms with Crippen LogP contribution in [0, 0.1) is 6.92 Å². The van der Waals surface area contributed by atoms with Crippen molar-refractivity contribution in [3.8, 4) is 0 Å². The Morgan fingerprint density at radius 2 is 1.79 bits per heavy atom. The number of hydrogen-bond donors (Lipinski definition) is 0. The van der Waals surface area contributed by atoms with Gasteiger partial charge in [0.25, 0.3) is 0 Å². The lowest BCUT2D eigenvalue weighted by Crippen LogP contribution is -2.49. The maximum atomic E-state index is 5.71. The molecule has 5 heteroatoms. The largest absolute Gasteiger partial charge is 0.516 e. The fourth-order valence-electron chi connectivity index (χ4n) is 1.98. The molecule has 4 nitrogen and oxygen atoms in total. The van der Waals surface area contributed by atoms with Crippen LogP contribution in [0.4, 0.5) is 5.69 Å². The second kappa shape index (κ2) is 5.42. The van der Waals surface area contributed by atoms with Gasteiger partial charge in [0.05, 0.1) is 5.59 Å². The molecule has 1 aliphatic heterocycles. The van der Waals surface area contributed by atoms with Crippen LogP contribution in [0.5, 0.6) is 0 Å². The van der Waals surface area contributed by atoms with Gasteiger partial charge in [0.1, 0.15) is 13.5 Å². The number of pyridine rings is 1. The highest BCUT2D eigenvalue weighted by Crippen LogP contribution is 2.16. The highest BCUT2D eigenvalue weighted by atomic mass is 16.6. The van der Waals surface area contributed by atoms with Crippen molar-refractivity contribution in [1.82, 2.24) is 4.98 Å². The lowest BCUT2D eigenvalue weighted by Gasteiger charge is -2.31. The molecule has 0 aliphatic carbocycles. The van der Waals surface area contributed by atoms with Gasteiger partial charge in [-0.1, -0.05) is 24.3 Å². The summed E-state index contributed by atoms with van der Waals surface area (Å²) in [5.74, 6) is 0. The number of benzene rings is 1. The minimum Gasteiger partial charge on any atom is -0.388 e. The molecule has 0 N–H and O–H groups in total. The number of hydrogen-bond acceptors (Lipinski definition) is 4. The summed E-state index contributed by atoms with van der Waals surface area (Å²) in [6.45, 7) is 3.02. The summed E-state index contributed by atoms with van der Waals surface area (Å²) in [6.07, 6.45) is 1.83. The number of anilines is 1. The second-order valence-electron chi connectivity index (χ2n) is 4.56. The van der Waals surface area contributed by atoms with E-state index in [-0.39, 0.29) is 7.12 Å². The number of nitrogens with zero attached hydrogens (tertiary/aromatic N) is 2. The molecule has 1 aliphatic rings. The Morgan fingerprint density at radius 1 is 1.05 bits per heavy atom. The SMILES string of the molecule is Cc1ccc(B2OCN(c3ccccc3)CO2)nc1. The Hall–Kier alpha value is -1.85. The number of aryl methyl sites for hydroxylation is 1. The molecule has 0 amide bonds. The predicted molar refractivity (Wildman–Crippen MR) is 75.2 cm³/mol. The molecule has 0 saturated carbocycles. The minimum absolute atomic E-state index is 0.374. The molecule has 0 unspecified atom stereocenters. The lowest BCUT2D eigenvalue weighted by atomic mass is 9.83. The Labute approximate surface area is 113 Å². The van der Waals surface area contributed by atoms with Crippen LogP contribution in [-0.2, 0) is 9.31 Å². The fraction of sp³-hybridized carbons (Fsp3) is 0.214. The summed E-state index contributed by atoms with van der Waals surface area (Å²) < 4.78 is 11.4. The first-order chi connectivity index (χ1) is 9.33. The Balaban J connectivity index is 1.65. The first-order valence-corrected chi connectivity index (χ1v) is 6.29. The molecular weight excluding hydrogens is 239 g/mol. The molecular formula is C14H15BN2O2. The van der Waals surface area contributed by atoms with Gasteiger partial charge in [0.15, 0.2) is 0 Å². The van der Waals surface area contributed by atoms with Crippen LogP contribution in [-0.4, -0.2) is 25.6 Å². The number of aromatic nitrogens is 1. The molecule has 0 radical (unpaired) electrons. The highest BCUT2D eigenvalue weighted by Gasteiger charge is 2.29. The van der Waals surface area contributed by atoms with Crippen molar-refractivity contribution in [1.29, 1.82) is 0 Å². The lowest BCUT2D eigenvalue weighted by molar-refractivity contribution is 0.145. The van der Waals surface area contributed by atoms with Crippen LogP contribution in [0.15, 0.2) is 48.7 Å². The highest BCUT2D eigenvalue weighted by molar-refractivity contribution is 6.60. The van der Waals surface area contributed by atoms with Crippen LogP contribution in [0.2, 0.25) is 0 Å². The number of rotatable bonds is 2. The van der Waals surface area contributed by atoms with E-state index in [1.165, 1.54) is 0 Å². The van der Waals surface area contributed by atoms with Crippen molar-refractivity contribution in [2.75, 3.05) is 18.4 Å². The molecule has 2 aromatic rings. The van der Waals surface area contributed by atoms with Crippen LogP contribution in [0.3, 0.4) is 0 Å². The van der Waals surface area contributed by atoms with Crippen LogP contribution in [0.25, 0.3) is 0 Å². The Morgan fingerprint density at radius 3 is 2.42 bits per heavy atom. The van der Waals surface area contributed by atoms with Gasteiger partial charge in [-0.3, -0.25) is 4.98 Å². The monoisotopic (exact) mass is 254 g/mol. The van der Waals surface area contributed by atoms with Crippen molar-refractivity contribution in [2.24, 2.45) is 0 Å². The normalized spacial score (nSPS) is 15.6. The third kappa shape index (κ3) is 2.77. The van der Waals surface area contributed by atoms with Gasteiger partial charge in [-0.2, -0.15) is 0 Å². The Bertz CT molecular complexity index is 525. The molecule has 1 aromatic carbocycles. The summed E-state index contributed by atoms with van der Waals surface area (Å²) in [7, 11) is -0.374. The molecule has 1 aromatic heterocycles. The molecule has 3 rings (SSSR count). The number of para-hydroxylation sites is 1. The van der Waals surface area contributed by atoms with E-state index in [1.54, 1.807) is 0 Å². The van der Waals surface area contributed by atoms with Gasteiger partial charge in [-0.25, -0.2) is 0 Å². The van der Waals surface area contributed by atoms with E-state index in [0.717, 1.165) is 16.8 Å². The van der Waals surface area contributed by atoms with Crippen molar-refractivity contribution in [2.45, 2.75) is 6.92 Å². The minimum atomic E-state index is -0.374. The summed E-state index contributed by atoms with van der Waals surface area (Å²) >= 11 is 0. The van der Waals surface area contributed by atoms with Gasteiger partial charge < -0.3 is 14.2 Å².